The number of aryl methyl sites for hydroxylation is 1. The first-order valence-corrected chi connectivity index (χ1v) is 8.49. The second-order valence-corrected chi connectivity index (χ2v) is 6.47. The third-order valence-corrected chi connectivity index (χ3v) is 4.16. The van der Waals surface area contributed by atoms with Crippen molar-refractivity contribution in [1.82, 2.24) is 15.3 Å². The van der Waals surface area contributed by atoms with Crippen molar-refractivity contribution in [2.75, 3.05) is 0 Å². The van der Waals surface area contributed by atoms with Crippen LogP contribution < -0.4 is 5.32 Å². The van der Waals surface area contributed by atoms with Crippen LogP contribution in [0, 0.1) is 12.3 Å². The molecule has 0 spiro atoms. The topological polar surface area (TPSA) is 119 Å². The first-order chi connectivity index (χ1) is 12.8. The third-order valence-electron chi connectivity index (χ3n) is 4.16. The van der Waals surface area contributed by atoms with Crippen molar-refractivity contribution in [2.45, 2.75) is 26.3 Å². The van der Waals surface area contributed by atoms with Gasteiger partial charge in [0.15, 0.2) is 5.82 Å². The van der Waals surface area contributed by atoms with Crippen molar-refractivity contribution < 1.29 is 15.0 Å². The zero-order valence-electron chi connectivity index (χ0n) is 15.0. The molecule has 2 aromatic carbocycles. The number of para-hydroxylation sites is 1. The molecular weight excluding hydrogens is 344 g/mol. The molecule has 1 heterocycles. The van der Waals surface area contributed by atoms with Crippen LogP contribution in [-0.2, 0) is 0 Å². The molecule has 4 N–H and O–H groups in total. The molecule has 27 heavy (non-hydrogen) atoms. The van der Waals surface area contributed by atoms with Crippen LogP contribution in [0.4, 0.5) is 4.79 Å². The summed E-state index contributed by atoms with van der Waals surface area (Å²) in [6, 6.07) is 12.0. The van der Waals surface area contributed by atoms with Crippen molar-refractivity contribution in [2.24, 2.45) is 0 Å². The fourth-order valence-corrected chi connectivity index (χ4v) is 2.92. The van der Waals surface area contributed by atoms with E-state index in [1.165, 1.54) is 0 Å². The number of hydrogen-bond acceptors (Lipinski definition) is 5. The number of hydrogen-bond donors (Lipinski definition) is 4. The van der Waals surface area contributed by atoms with Crippen molar-refractivity contribution in [1.29, 1.82) is 5.41 Å². The zero-order valence-corrected chi connectivity index (χ0v) is 15.0. The minimum atomic E-state index is -1.13. The molecule has 0 aliphatic heterocycles. The number of nitrogens with zero attached hydrogens (tertiary/aromatic N) is 2. The number of phenols is 1. The summed E-state index contributed by atoms with van der Waals surface area (Å²) in [5.41, 5.74) is 2.79. The van der Waals surface area contributed by atoms with Crippen molar-refractivity contribution >= 4 is 22.7 Å². The molecule has 3 rings (SSSR count). The van der Waals surface area contributed by atoms with Crippen LogP contribution in [0.1, 0.15) is 24.6 Å². The summed E-state index contributed by atoms with van der Waals surface area (Å²) in [4.78, 5) is 19.9. The van der Waals surface area contributed by atoms with Gasteiger partial charge in [-0.1, -0.05) is 24.3 Å². The minimum Gasteiger partial charge on any atom is -0.507 e. The van der Waals surface area contributed by atoms with E-state index < -0.39 is 12.1 Å². The second-order valence-electron chi connectivity index (χ2n) is 6.47. The van der Waals surface area contributed by atoms with Gasteiger partial charge in [0.25, 0.3) is 0 Å². The van der Waals surface area contributed by atoms with E-state index in [0.717, 1.165) is 5.56 Å². The van der Waals surface area contributed by atoms with E-state index >= 15 is 0 Å². The summed E-state index contributed by atoms with van der Waals surface area (Å²) in [5, 5.41) is 30.5. The highest BCUT2D eigenvalue weighted by Gasteiger charge is 2.17. The highest BCUT2D eigenvalue weighted by atomic mass is 16.4. The monoisotopic (exact) mass is 364 g/mol. The number of fused-ring (bicyclic) bond motifs is 1. The summed E-state index contributed by atoms with van der Waals surface area (Å²) in [6.07, 6.45) is -0.944. The van der Waals surface area contributed by atoms with E-state index in [2.05, 4.69) is 15.3 Å². The Labute approximate surface area is 156 Å². The van der Waals surface area contributed by atoms with Crippen LogP contribution in [0.5, 0.6) is 5.75 Å². The lowest BCUT2D eigenvalue weighted by atomic mass is 10.0. The number of phenolic OH excluding ortho intramolecular Hbond substituents is 1. The van der Waals surface area contributed by atoms with E-state index in [1.807, 2.05) is 25.1 Å². The van der Waals surface area contributed by atoms with Gasteiger partial charge in [-0.15, -0.1) is 0 Å². The summed E-state index contributed by atoms with van der Waals surface area (Å²) in [7, 11) is 0. The van der Waals surface area contributed by atoms with Crippen LogP contribution >= 0.6 is 0 Å². The Morgan fingerprint density at radius 1 is 1.22 bits per heavy atom. The smallest absolute Gasteiger partial charge is 0.404 e. The highest BCUT2D eigenvalue weighted by molar-refractivity contribution is 6.07. The molecule has 0 fully saturated rings. The molecule has 3 aromatic rings. The van der Waals surface area contributed by atoms with Gasteiger partial charge in [-0.2, -0.15) is 0 Å². The fraction of sp³-hybridized carbons (Fsp3) is 0.200. The molecule has 0 saturated carbocycles. The van der Waals surface area contributed by atoms with Gasteiger partial charge < -0.3 is 20.9 Å². The van der Waals surface area contributed by atoms with Gasteiger partial charge in [0.1, 0.15) is 5.75 Å². The molecule has 1 amide bonds. The maximum absolute atomic E-state index is 10.8. The Hall–Kier alpha value is -3.48. The number of nitrogens with one attached hydrogen (secondary N) is 2. The summed E-state index contributed by atoms with van der Waals surface area (Å²) in [5.74, 6) is 0.382. The number of rotatable bonds is 5. The molecule has 0 radical (unpaired) electrons. The van der Waals surface area contributed by atoms with E-state index in [0.29, 0.717) is 28.0 Å². The molecule has 0 unspecified atom stereocenters. The number of amides is 1. The number of carboxylic acid groups (broad SMARTS) is 1. The fourth-order valence-electron chi connectivity index (χ4n) is 2.92. The number of benzene rings is 2. The van der Waals surface area contributed by atoms with Crippen LogP contribution in [0.2, 0.25) is 0 Å². The molecule has 7 nitrogen and oxygen atoms in total. The Bertz CT molecular complexity index is 1030. The van der Waals surface area contributed by atoms with Gasteiger partial charge in [-0.05, 0) is 37.6 Å². The number of aromatic nitrogens is 2. The van der Waals surface area contributed by atoms with E-state index in [-0.39, 0.29) is 17.9 Å². The lowest BCUT2D eigenvalue weighted by Gasteiger charge is -2.14. The lowest BCUT2D eigenvalue weighted by Crippen LogP contribution is -2.33. The van der Waals surface area contributed by atoms with Gasteiger partial charge in [-0.25, -0.2) is 14.8 Å². The normalized spacial score (nSPS) is 11.9. The van der Waals surface area contributed by atoms with Crippen molar-refractivity contribution in [3.8, 4) is 17.1 Å². The van der Waals surface area contributed by atoms with Gasteiger partial charge >= 0.3 is 6.09 Å². The molecule has 1 atom stereocenters. The average molecular weight is 364 g/mol. The Morgan fingerprint density at radius 2 is 1.96 bits per heavy atom. The Balaban J connectivity index is 2.11. The molecular formula is C20H20N4O3. The van der Waals surface area contributed by atoms with Gasteiger partial charge in [0, 0.05) is 17.8 Å². The first-order valence-electron chi connectivity index (χ1n) is 8.49. The molecule has 0 aliphatic rings. The van der Waals surface area contributed by atoms with Gasteiger partial charge in [0.05, 0.1) is 22.5 Å². The van der Waals surface area contributed by atoms with E-state index in [9.17, 15) is 9.90 Å². The number of aromatic hydroxyl groups is 1. The van der Waals surface area contributed by atoms with Gasteiger partial charge in [-0.3, -0.25) is 0 Å². The van der Waals surface area contributed by atoms with Crippen LogP contribution in [0.25, 0.3) is 22.3 Å². The average Bonchev–Trinajstić information content (AvgIpc) is 2.60. The maximum atomic E-state index is 10.8. The molecule has 7 heteroatoms. The molecule has 0 bridgehead atoms. The first kappa shape index (κ1) is 18.3. The summed E-state index contributed by atoms with van der Waals surface area (Å²) in [6.45, 7) is 3.64. The molecule has 0 aliphatic carbocycles. The minimum absolute atomic E-state index is 0.0582. The second kappa shape index (κ2) is 7.41. The number of carbonyl (C=O) groups is 1. The summed E-state index contributed by atoms with van der Waals surface area (Å²) < 4.78 is 0. The molecule has 0 saturated heterocycles. The standard InChI is InChI=1S/C20H20N4O3/c1-11-7-8-13-16(9-11)23-19(14-5-3-4-6-17(14)25)24-18(13)15(21)10-12(2)22-20(26)27/h3-9,12,21-22,25H,10H2,1-2H3,(H,26,27)/t12-/m1/s1. The van der Waals surface area contributed by atoms with Gasteiger partial charge in [0.2, 0.25) is 0 Å². The van der Waals surface area contributed by atoms with Crippen LogP contribution in [0.15, 0.2) is 42.5 Å². The SMILES string of the molecule is Cc1ccc2c(C(=N)C[C@@H](C)NC(=O)O)nc(-c3ccccc3O)nc2c1. The van der Waals surface area contributed by atoms with E-state index in [4.69, 9.17) is 10.5 Å². The quantitative estimate of drug-likeness (QED) is 0.514. The zero-order chi connectivity index (χ0) is 19.6. The largest absolute Gasteiger partial charge is 0.507 e. The predicted molar refractivity (Wildman–Crippen MR) is 103 cm³/mol. The summed E-state index contributed by atoms with van der Waals surface area (Å²) >= 11 is 0. The Morgan fingerprint density at radius 3 is 2.67 bits per heavy atom. The van der Waals surface area contributed by atoms with Crippen LogP contribution in [-0.4, -0.2) is 38.0 Å². The molecule has 138 valence electrons. The maximum Gasteiger partial charge on any atom is 0.404 e. The van der Waals surface area contributed by atoms with E-state index in [1.54, 1.807) is 31.2 Å². The third kappa shape index (κ3) is 4.03. The molecule has 1 aromatic heterocycles. The van der Waals surface area contributed by atoms with Crippen molar-refractivity contribution in [3.63, 3.8) is 0 Å². The van der Waals surface area contributed by atoms with Crippen LogP contribution in [0.3, 0.4) is 0 Å². The van der Waals surface area contributed by atoms with Crippen molar-refractivity contribution in [3.05, 3.63) is 53.7 Å². The Kier molecular flexibility index (Phi) is 5.03. The lowest BCUT2D eigenvalue weighted by molar-refractivity contribution is 0.191. The highest BCUT2D eigenvalue weighted by Crippen LogP contribution is 2.29. The predicted octanol–water partition coefficient (Wildman–Crippen LogP) is 3.72.